The molecule has 0 saturated heterocycles. The maximum Gasteiger partial charge on any atom is 0.319 e. The van der Waals surface area contributed by atoms with Crippen LogP contribution in [0.15, 0.2) is 48.5 Å². The van der Waals surface area contributed by atoms with Crippen LogP contribution < -0.4 is 16.0 Å². The van der Waals surface area contributed by atoms with Crippen molar-refractivity contribution >= 4 is 17.6 Å². The molecule has 2 rings (SSSR count). The van der Waals surface area contributed by atoms with Gasteiger partial charge in [0.2, 0.25) is 0 Å². The molecule has 5 heteroatoms. The Bertz CT molecular complexity index is 792. The Balaban J connectivity index is 1.98. The van der Waals surface area contributed by atoms with Gasteiger partial charge in [-0.05, 0) is 63.4 Å². The summed E-state index contributed by atoms with van der Waals surface area (Å²) < 4.78 is 0. The number of amides is 3. The molecule has 3 amide bonds. The summed E-state index contributed by atoms with van der Waals surface area (Å²) in [6.07, 6.45) is 0.988. The minimum Gasteiger partial charge on any atom is -0.347 e. The number of anilines is 1. The van der Waals surface area contributed by atoms with E-state index >= 15 is 0 Å². The summed E-state index contributed by atoms with van der Waals surface area (Å²) in [5.74, 6) is -0.170. The Morgan fingerprint density at radius 3 is 2.30 bits per heavy atom. The highest BCUT2D eigenvalue weighted by Gasteiger charge is 2.16. The van der Waals surface area contributed by atoms with Gasteiger partial charge in [-0.1, -0.05) is 37.3 Å². The molecule has 0 aromatic heterocycles. The number of carbonyl (C=O) groups is 2. The lowest BCUT2D eigenvalue weighted by Crippen LogP contribution is -2.40. The van der Waals surface area contributed by atoms with E-state index < -0.39 is 0 Å². The fourth-order valence-corrected chi connectivity index (χ4v) is 2.64. The maximum atomic E-state index is 12.3. The highest BCUT2D eigenvalue weighted by Crippen LogP contribution is 2.15. The number of nitrogens with one attached hydrogen (secondary N) is 3. The molecule has 144 valence electrons. The molecule has 0 fully saturated rings. The lowest BCUT2D eigenvalue weighted by Gasteiger charge is -2.20. The fourth-order valence-electron chi connectivity index (χ4n) is 2.64. The van der Waals surface area contributed by atoms with E-state index in [1.54, 1.807) is 24.3 Å². The van der Waals surface area contributed by atoms with Crippen LogP contribution in [0.2, 0.25) is 0 Å². The summed E-state index contributed by atoms with van der Waals surface area (Å²) in [6.45, 7) is 9.83. The maximum absolute atomic E-state index is 12.3. The predicted octanol–water partition coefficient (Wildman–Crippen LogP) is 4.66. The van der Waals surface area contributed by atoms with Crippen molar-refractivity contribution in [1.29, 1.82) is 0 Å². The van der Waals surface area contributed by atoms with Crippen molar-refractivity contribution in [3.8, 4) is 0 Å². The first-order valence-corrected chi connectivity index (χ1v) is 9.27. The highest BCUT2D eigenvalue weighted by atomic mass is 16.2. The average Bonchev–Trinajstić information content (AvgIpc) is 2.60. The first kappa shape index (κ1) is 20.5. The van der Waals surface area contributed by atoms with Gasteiger partial charge in [0.15, 0.2) is 0 Å². The zero-order valence-electron chi connectivity index (χ0n) is 16.7. The molecule has 5 nitrogen and oxygen atoms in total. The van der Waals surface area contributed by atoms with Gasteiger partial charge in [-0.15, -0.1) is 0 Å². The molecule has 0 bridgehead atoms. The molecule has 0 saturated carbocycles. The third-order valence-electron chi connectivity index (χ3n) is 4.11. The second kappa shape index (κ2) is 8.71. The van der Waals surface area contributed by atoms with Crippen molar-refractivity contribution in [2.75, 3.05) is 5.32 Å². The van der Waals surface area contributed by atoms with Gasteiger partial charge in [0.1, 0.15) is 0 Å². The van der Waals surface area contributed by atoms with Crippen LogP contribution in [0.25, 0.3) is 0 Å². The smallest absolute Gasteiger partial charge is 0.319 e. The normalized spacial score (nSPS) is 12.2. The average molecular weight is 367 g/mol. The Labute approximate surface area is 161 Å². The number of urea groups is 1. The Kier molecular flexibility index (Phi) is 6.61. The van der Waals surface area contributed by atoms with Gasteiger partial charge in [-0.2, -0.15) is 0 Å². The van der Waals surface area contributed by atoms with E-state index in [0.29, 0.717) is 11.3 Å². The summed E-state index contributed by atoms with van der Waals surface area (Å²) in [4.78, 5) is 24.6. The minimum absolute atomic E-state index is 0.122. The molecule has 0 spiro atoms. The first-order chi connectivity index (χ1) is 12.7. The second-order valence-electron chi connectivity index (χ2n) is 7.70. The molecular weight excluding hydrogens is 338 g/mol. The lowest BCUT2D eigenvalue weighted by atomic mass is 10.1. The quantitative estimate of drug-likeness (QED) is 0.719. The SMILES string of the molecule is CCc1ccc(C(C)NC(=O)Nc2cccc(C(=O)NC(C)(C)C)c2)cc1. The van der Waals surface area contributed by atoms with Crippen molar-refractivity contribution in [1.82, 2.24) is 10.6 Å². The molecule has 3 N–H and O–H groups in total. The summed E-state index contributed by atoms with van der Waals surface area (Å²) in [7, 11) is 0. The number of rotatable bonds is 5. The van der Waals surface area contributed by atoms with Crippen molar-refractivity contribution in [2.45, 2.75) is 52.6 Å². The molecule has 1 atom stereocenters. The van der Waals surface area contributed by atoms with Crippen molar-refractivity contribution in [3.05, 3.63) is 65.2 Å². The third kappa shape index (κ3) is 6.44. The van der Waals surface area contributed by atoms with Crippen LogP contribution in [0.5, 0.6) is 0 Å². The summed E-state index contributed by atoms with van der Waals surface area (Å²) in [5.41, 5.74) is 3.07. The standard InChI is InChI=1S/C22H29N3O2/c1-6-16-10-12-17(13-11-16)15(2)23-21(27)24-19-9-7-8-18(14-19)20(26)25-22(3,4)5/h7-15H,6H2,1-5H3,(H,25,26)(H2,23,24,27). The van der Waals surface area contributed by atoms with E-state index in [0.717, 1.165) is 12.0 Å². The number of hydrogen-bond donors (Lipinski definition) is 3. The van der Waals surface area contributed by atoms with E-state index in [1.807, 2.05) is 39.8 Å². The molecule has 0 aliphatic carbocycles. The molecule has 0 aliphatic rings. The zero-order chi connectivity index (χ0) is 20.0. The lowest BCUT2D eigenvalue weighted by molar-refractivity contribution is 0.0919. The number of hydrogen-bond acceptors (Lipinski definition) is 2. The summed E-state index contributed by atoms with van der Waals surface area (Å²) >= 11 is 0. The van der Waals surface area contributed by atoms with Crippen molar-refractivity contribution < 1.29 is 9.59 Å². The summed E-state index contributed by atoms with van der Waals surface area (Å²) in [6, 6.07) is 14.7. The Morgan fingerprint density at radius 2 is 1.70 bits per heavy atom. The Morgan fingerprint density at radius 1 is 1.04 bits per heavy atom. The van der Waals surface area contributed by atoms with Gasteiger partial charge in [0, 0.05) is 16.8 Å². The van der Waals surface area contributed by atoms with Gasteiger partial charge >= 0.3 is 6.03 Å². The van der Waals surface area contributed by atoms with E-state index in [9.17, 15) is 9.59 Å². The van der Waals surface area contributed by atoms with Crippen LogP contribution in [-0.2, 0) is 6.42 Å². The molecule has 2 aromatic rings. The fraction of sp³-hybridized carbons (Fsp3) is 0.364. The van der Waals surface area contributed by atoms with Crippen LogP contribution in [0, 0.1) is 0 Å². The monoisotopic (exact) mass is 367 g/mol. The Hall–Kier alpha value is -2.82. The first-order valence-electron chi connectivity index (χ1n) is 9.27. The van der Waals surface area contributed by atoms with E-state index in [4.69, 9.17) is 0 Å². The molecule has 2 aromatic carbocycles. The highest BCUT2D eigenvalue weighted by molar-refractivity contribution is 5.97. The van der Waals surface area contributed by atoms with Gasteiger partial charge in [0.05, 0.1) is 6.04 Å². The molecule has 0 heterocycles. The number of aryl methyl sites for hydroxylation is 1. The van der Waals surface area contributed by atoms with E-state index in [-0.39, 0.29) is 23.5 Å². The summed E-state index contributed by atoms with van der Waals surface area (Å²) in [5, 5.41) is 8.62. The number of benzene rings is 2. The van der Waals surface area contributed by atoms with Gasteiger partial charge in [0.25, 0.3) is 5.91 Å². The van der Waals surface area contributed by atoms with Crippen LogP contribution in [-0.4, -0.2) is 17.5 Å². The molecule has 27 heavy (non-hydrogen) atoms. The van der Waals surface area contributed by atoms with Crippen LogP contribution in [0.3, 0.4) is 0 Å². The van der Waals surface area contributed by atoms with Gasteiger partial charge in [-0.25, -0.2) is 4.79 Å². The molecule has 0 radical (unpaired) electrons. The van der Waals surface area contributed by atoms with Crippen LogP contribution in [0.4, 0.5) is 10.5 Å². The third-order valence-corrected chi connectivity index (χ3v) is 4.11. The number of carbonyl (C=O) groups excluding carboxylic acids is 2. The van der Waals surface area contributed by atoms with Crippen LogP contribution in [0.1, 0.15) is 62.1 Å². The van der Waals surface area contributed by atoms with E-state index in [1.165, 1.54) is 5.56 Å². The minimum atomic E-state index is -0.319. The van der Waals surface area contributed by atoms with Crippen LogP contribution >= 0.6 is 0 Å². The van der Waals surface area contributed by atoms with Crippen molar-refractivity contribution in [2.24, 2.45) is 0 Å². The van der Waals surface area contributed by atoms with Gasteiger partial charge in [-0.3, -0.25) is 4.79 Å². The second-order valence-corrected chi connectivity index (χ2v) is 7.70. The van der Waals surface area contributed by atoms with Crippen molar-refractivity contribution in [3.63, 3.8) is 0 Å². The van der Waals surface area contributed by atoms with E-state index in [2.05, 4.69) is 35.0 Å². The predicted molar refractivity (Wildman–Crippen MR) is 110 cm³/mol. The largest absolute Gasteiger partial charge is 0.347 e. The molecule has 1 unspecified atom stereocenters. The molecular formula is C22H29N3O2. The van der Waals surface area contributed by atoms with Gasteiger partial charge < -0.3 is 16.0 Å². The molecule has 0 aliphatic heterocycles. The zero-order valence-corrected chi connectivity index (χ0v) is 16.7. The topological polar surface area (TPSA) is 70.2 Å².